The summed E-state index contributed by atoms with van der Waals surface area (Å²) in [6.07, 6.45) is 0. The molecule has 1 aliphatic heterocycles. The molecular formula is C15H24N2. The third kappa shape index (κ3) is 2.26. The second-order valence-corrected chi connectivity index (χ2v) is 6.97. The predicted molar refractivity (Wildman–Crippen MR) is 76.0 cm³/mol. The molecule has 0 bridgehead atoms. The summed E-state index contributed by atoms with van der Waals surface area (Å²) in [5.74, 6) is 0. The summed E-state index contributed by atoms with van der Waals surface area (Å²) in [6, 6.07) is 4.63. The normalized spacial score (nSPS) is 15.2. The van der Waals surface area contributed by atoms with Crippen LogP contribution >= 0.6 is 0 Å². The van der Waals surface area contributed by atoms with E-state index in [1.54, 1.807) is 0 Å². The Morgan fingerprint density at radius 1 is 0.765 bits per heavy atom. The highest BCUT2D eigenvalue weighted by atomic mass is 15.1. The predicted octanol–water partition coefficient (Wildman–Crippen LogP) is 4.08. The van der Waals surface area contributed by atoms with Crippen molar-refractivity contribution >= 4 is 11.4 Å². The summed E-state index contributed by atoms with van der Waals surface area (Å²) in [7, 11) is 0. The maximum Gasteiger partial charge on any atom is 0.0850 e. The molecule has 0 atom stereocenters. The van der Waals surface area contributed by atoms with E-state index in [0.717, 1.165) is 6.67 Å². The molecule has 0 saturated heterocycles. The third-order valence-corrected chi connectivity index (χ3v) is 3.33. The van der Waals surface area contributed by atoms with Gasteiger partial charge >= 0.3 is 0 Å². The van der Waals surface area contributed by atoms with E-state index in [0.29, 0.717) is 0 Å². The second kappa shape index (κ2) is 3.66. The molecule has 0 aromatic heterocycles. The minimum Gasteiger partial charge on any atom is -0.366 e. The number of fused-ring (bicyclic) bond motifs is 1. The van der Waals surface area contributed by atoms with Gasteiger partial charge in [0.15, 0.2) is 0 Å². The summed E-state index contributed by atoms with van der Waals surface area (Å²) >= 11 is 0. The first-order valence-electron chi connectivity index (χ1n) is 6.36. The fourth-order valence-electron chi connectivity index (χ4n) is 2.37. The van der Waals surface area contributed by atoms with Crippen molar-refractivity contribution in [3.63, 3.8) is 0 Å². The molecule has 1 aromatic carbocycles. The lowest BCUT2D eigenvalue weighted by molar-refractivity contribution is 0.531. The van der Waals surface area contributed by atoms with E-state index in [4.69, 9.17) is 0 Å². The number of hydrogen-bond donors (Lipinski definition) is 2. The molecule has 2 N–H and O–H groups in total. The smallest absolute Gasteiger partial charge is 0.0850 e. The van der Waals surface area contributed by atoms with Crippen molar-refractivity contribution < 1.29 is 0 Å². The maximum atomic E-state index is 3.38. The molecule has 0 unspecified atom stereocenters. The molecule has 2 rings (SSSR count). The van der Waals surface area contributed by atoms with Gasteiger partial charge < -0.3 is 10.6 Å². The quantitative estimate of drug-likeness (QED) is 0.704. The van der Waals surface area contributed by atoms with Crippen LogP contribution in [0, 0.1) is 0 Å². The summed E-state index contributed by atoms with van der Waals surface area (Å²) < 4.78 is 0. The zero-order chi connectivity index (χ0) is 12.8. The van der Waals surface area contributed by atoms with E-state index in [9.17, 15) is 0 Å². The topological polar surface area (TPSA) is 24.1 Å². The monoisotopic (exact) mass is 232 g/mol. The van der Waals surface area contributed by atoms with E-state index < -0.39 is 0 Å². The lowest BCUT2D eigenvalue weighted by Crippen LogP contribution is -2.22. The first-order chi connectivity index (χ1) is 7.69. The van der Waals surface area contributed by atoms with Crippen LogP contribution in [0.1, 0.15) is 52.7 Å². The van der Waals surface area contributed by atoms with Crippen molar-refractivity contribution in [1.29, 1.82) is 0 Å². The van der Waals surface area contributed by atoms with Gasteiger partial charge in [-0.15, -0.1) is 0 Å². The zero-order valence-corrected chi connectivity index (χ0v) is 11.9. The second-order valence-electron chi connectivity index (χ2n) is 6.97. The van der Waals surface area contributed by atoms with Crippen LogP contribution in [0.25, 0.3) is 0 Å². The van der Waals surface area contributed by atoms with Gasteiger partial charge in [-0.2, -0.15) is 0 Å². The number of hydrogen-bond acceptors (Lipinski definition) is 2. The van der Waals surface area contributed by atoms with Crippen molar-refractivity contribution in [2.45, 2.75) is 52.4 Å². The Labute approximate surface area is 105 Å². The molecule has 1 aromatic rings. The van der Waals surface area contributed by atoms with Gasteiger partial charge in [-0.3, -0.25) is 0 Å². The zero-order valence-electron chi connectivity index (χ0n) is 11.9. The molecule has 0 radical (unpaired) electrons. The van der Waals surface area contributed by atoms with Gasteiger partial charge in [-0.1, -0.05) is 41.5 Å². The fourth-order valence-corrected chi connectivity index (χ4v) is 2.37. The lowest BCUT2D eigenvalue weighted by atomic mass is 9.75. The molecule has 1 heterocycles. The average Bonchev–Trinajstić information content (AvgIpc) is 2.59. The Hall–Kier alpha value is -1.18. The Bertz CT molecular complexity index is 392. The number of benzene rings is 1. The molecular weight excluding hydrogens is 208 g/mol. The van der Waals surface area contributed by atoms with Crippen LogP contribution in [0.2, 0.25) is 0 Å². The van der Waals surface area contributed by atoms with Gasteiger partial charge in [-0.25, -0.2) is 0 Å². The molecule has 17 heavy (non-hydrogen) atoms. The van der Waals surface area contributed by atoms with E-state index in [-0.39, 0.29) is 10.8 Å². The van der Waals surface area contributed by atoms with Gasteiger partial charge in [-0.05, 0) is 34.1 Å². The molecule has 94 valence electrons. The largest absolute Gasteiger partial charge is 0.366 e. The highest BCUT2D eigenvalue weighted by Gasteiger charge is 2.27. The number of nitrogens with one attached hydrogen (secondary N) is 2. The Morgan fingerprint density at radius 3 is 1.41 bits per heavy atom. The van der Waals surface area contributed by atoms with Gasteiger partial charge in [0, 0.05) is 0 Å². The van der Waals surface area contributed by atoms with Crippen molar-refractivity contribution in [3.8, 4) is 0 Å². The minimum absolute atomic E-state index is 0.182. The summed E-state index contributed by atoms with van der Waals surface area (Å²) in [6.45, 7) is 14.5. The van der Waals surface area contributed by atoms with Gasteiger partial charge in [0.2, 0.25) is 0 Å². The third-order valence-electron chi connectivity index (χ3n) is 3.33. The highest BCUT2D eigenvalue weighted by Crippen LogP contribution is 2.40. The average molecular weight is 232 g/mol. The van der Waals surface area contributed by atoms with Crippen LogP contribution in [-0.4, -0.2) is 6.67 Å². The van der Waals surface area contributed by atoms with Gasteiger partial charge in [0.25, 0.3) is 0 Å². The summed E-state index contributed by atoms with van der Waals surface area (Å²) in [4.78, 5) is 0. The minimum atomic E-state index is 0.182. The standard InChI is InChI=1S/C15H24N2/c1-14(2,3)10-7-12-13(17-9-16-12)8-11(10)15(4,5)6/h7-8,16-17H,9H2,1-6H3. The van der Waals surface area contributed by atoms with Crippen molar-refractivity contribution in [3.05, 3.63) is 23.3 Å². The summed E-state index contributed by atoms with van der Waals surface area (Å²) in [5, 5.41) is 6.76. The van der Waals surface area contributed by atoms with Crippen LogP contribution in [0.5, 0.6) is 0 Å². The van der Waals surface area contributed by atoms with E-state index in [2.05, 4.69) is 64.3 Å². The van der Waals surface area contributed by atoms with Crippen LogP contribution in [-0.2, 0) is 10.8 Å². The van der Waals surface area contributed by atoms with E-state index in [1.165, 1.54) is 22.5 Å². The lowest BCUT2D eigenvalue weighted by Gasteiger charge is -2.30. The van der Waals surface area contributed by atoms with Crippen LogP contribution in [0.15, 0.2) is 12.1 Å². The van der Waals surface area contributed by atoms with Crippen LogP contribution in [0.4, 0.5) is 11.4 Å². The van der Waals surface area contributed by atoms with E-state index >= 15 is 0 Å². The van der Waals surface area contributed by atoms with Crippen LogP contribution in [0.3, 0.4) is 0 Å². The molecule has 0 amide bonds. The van der Waals surface area contributed by atoms with E-state index in [1.807, 2.05) is 0 Å². The van der Waals surface area contributed by atoms with Gasteiger partial charge in [0.1, 0.15) is 0 Å². The molecule has 1 aliphatic rings. The Balaban J connectivity index is 2.64. The van der Waals surface area contributed by atoms with Crippen molar-refractivity contribution in [2.24, 2.45) is 0 Å². The fraction of sp³-hybridized carbons (Fsp3) is 0.600. The molecule has 0 spiro atoms. The molecule has 0 fully saturated rings. The molecule has 2 heteroatoms. The molecule has 2 nitrogen and oxygen atoms in total. The first-order valence-corrected chi connectivity index (χ1v) is 6.36. The number of rotatable bonds is 0. The van der Waals surface area contributed by atoms with Crippen molar-refractivity contribution in [2.75, 3.05) is 17.3 Å². The Morgan fingerprint density at radius 2 is 1.12 bits per heavy atom. The van der Waals surface area contributed by atoms with Crippen molar-refractivity contribution in [1.82, 2.24) is 0 Å². The Kier molecular flexibility index (Phi) is 2.64. The SMILES string of the molecule is CC(C)(C)c1cc2c(cc1C(C)(C)C)NCN2. The molecule has 0 aliphatic carbocycles. The first kappa shape index (κ1) is 12.3. The number of anilines is 2. The highest BCUT2D eigenvalue weighted by molar-refractivity contribution is 5.76. The maximum absolute atomic E-state index is 3.38. The van der Waals surface area contributed by atoms with Gasteiger partial charge in [0.05, 0.1) is 18.0 Å². The molecule has 0 saturated carbocycles. The summed E-state index contributed by atoms with van der Waals surface area (Å²) in [5.41, 5.74) is 5.73. The van der Waals surface area contributed by atoms with Crippen LogP contribution < -0.4 is 10.6 Å².